The molecule has 0 radical (unpaired) electrons. The molecule has 1 amide bonds. The number of hydrogen-bond donors (Lipinski definition) is 0. The van der Waals surface area contributed by atoms with E-state index >= 15 is 0 Å². The van der Waals surface area contributed by atoms with Crippen molar-refractivity contribution in [1.29, 1.82) is 0 Å². The lowest BCUT2D eigenvalue weighted by molar-refractivity contribution is -0.150. The maximum atomic E-state index is 12.4. The third-order valence-electron chi connectivity index (χ3n) is 4.34. The van der Waals surface area contributed by atoms with Gasteiger partial charge in [0.05, 0.1) is 18.1 Å². The van der Waals surface area contributed by atoms with Gasteiger partial charge < -0.3 is 14.4 Å². The smallest absolute Gasteiger partial charge is 0.331 e. The minimum atomic E-state index is -3.51. The maximum absolute atomic E-state index is 12.4. The van der Waals surface area contributed by atoms with E-state index in [4.69, 9.17) is 9.47 Å². The van der Waals surface area contributed by atoms with Crippen molar-refractivity contribution in [3.8, 4) is 0 Å². The first-order valence-corrected chi connectivity index (χ1v) is 10.6. The molecule has 1 fully saturated rings. The topological polar surface area (TPSA) is 93.2 Å². The zero-order valence-electron chi connectivity index (χ0n) is 16.2. The molecular formula is C19H26N2O6S. The minimum absolute atomic E-state index is 0.201. The monoisotopic (exact) mass is 410 g/mol. The van der Waals surface area contributed by atoms with Crippen LogP contribution in [0, 0.1) is 0 Å². The van der Waals surface area contributed by atoms with E-state index in [9.17, 15) is 18.0 Å². The predicted octanol–water partition coefficient (Wildman–Crippen LogP) is 1.13. The average Bonchev–Trinajstić information content (AvgIpc) is 2.72. The van der Waals surface area contributed by atoms with E-state index in [0.29, 0.717) is 45.0 Å². The lowest BCUT2D eigenvalue weighted by atomic mass is 10.2. The van der Waals surface area contributed by atoms with E-state index in [1.165, 1.54) is 28.6 Å². The molecule has 1 saturated heterocycles. The van der Waals surface area contributed by atoms with Gasteiger partial charge in [-0.2, -0.15) is 4.31 Å². The summed E-state index contributed by atoms with van der Waals surface area (Å²) in [6, 6.07) is 6.22. The molecule has 1 aliphatic rings. The molecule has 154 valence electrons. The normalized spacial score (nSPS) is 15.2. The number of amides is 1. The average molecular weight is 410 g/mol. The van der Waals surface area contributed by atoms with Crippen molar-refractivity contribution in [3.63, 3.8) is 0 Å². The molecule has 1 aromatic carbocycles. The molecule has 0 aliphatic carbocycles. The summed E-state index contributed by atoms with van der Waals surface area (Å²) in [6.45, 7) is 6.01. The van der Waals surface area contributed by atoms with E-state index in [1.807, 2.05) is 0 Å². The number of nitrogens with zero attached hydrogens (tertiary/aromatic N) is 2. The Bertz CT molecular complexity index is 794. The van der Waals surface area contributed by atoms with Crippen molar-refractivity contribution in [1.82, 2.24) is 9.21 Å². The van der Waals surface area contributed by atoms with Crippen LogP contribution in [-0.2, 0) is 29.1 Å². The van der Waals surface area contributed by atoms with Gasteiger partial charge in [-0.1, -0.05) is 26.0 Å². The van der Waals surface area contributed by atoms with Crippen LogP contribution in [0.2, 0.25) is 0 Å². The number of rotatable bonds is 8. The lowest BCUT2D eigenvalue weighted by Gasteiger charge is -2.26. The predicted molar refractivity (Wildman–Crippen MR) is 104 cm³/mol. The summed E-state index contributed by atoms with van der Waals surface area (Å²) < 4.78 is 36.4. The van der Waals surface area contributed by atoms with Gasteiger partial charge in [0.1, 0.15) is 0 Å². The lowest BCUT2D eigenvalue weighted by Crippen LogP contribution is -2.42. The number of ether oxygens (including phenoxy) is 2. The Kier molecular flexibility index (Phi) is 8.16. The highest BCUT2D eigenvalue weighted by atomic mass is 32.2. The van der Waals surface area contributed by atoms with Crippen LogP contribution in [0.15, 0.2) is 35.2 Å². The van der Waals surface area contributed by atoms with Gasteiger partial charge in [0.25, 0.3) is 5.91 Å². The first-order valence-electron chi connectivity index (χ1n) is 9.19. The highest BCUT2D eigenvalue weighted by Gasteiger charge is 2.21. The molecule has 0 spiro atoms. The van der Waals surface area contributed by atoms with E-state index < -0.39 is 16.0 Å². The minimum Gasteiger partial charge on any atom is -0.452 e. The highest BCUT2D eigenvalue weighted by Crippen LogP contribution is 2.16. The second kappa shape index (κ2) is 10.4. The fourth-order valence-electron chi connectivity index (χ4n) is 2.71. The van der Waals surface area contributed by atoms with Gasteiger partial charge in [0.2, 0.25) is 10.0 Å². The van der Waals surface area contributed by atoms with Crippen LogP contribution in [0.3, 0.4) is 0 Å². The molecule has 1 heterocycles. The molecule has 1 aromatic rings. The summed E-state index contributed by atoms with van der Waals surface area (Å²) >= 11 is 0. The van der Waals surface area contributed by atoms with Crippen molar-refractivity contribution in [2.24, 2.45) is 0 Å². The Labute approximate surface area is 165 Å². The third kappa shape index (κ3) is 5.88. The Hall–Kier alpha value is -2.23. The van der Waals surface area contributed by atoms with Crippen LogP contribution in [-0.4, -0.2) is 75.5 Å². The van der Waals surface area contributed by atoms with E-state index in [2.05, 4.69) is 0 Å². The Morgan fingerprint density at radius 2 is 1.75 bits per heavy atom. The van der Waals surface area contributed by atoms with Crippen molar-refractivity contribution in [2.75, 3.05) is 46.0 Å². The fraction of sp³-hybridized carbons (Fsp3) is 0.474. The molecule has 28 heavy (non-hydrogen) atoms. The van der Waals surface area contributed by atoms with E-state index in [0.717, 1.165) is 0 Å². The van der Waals surface area contributed by atoms with Crippen molar-refractivity contribution in [2.45, 2.75) is 18.7 Å². The van der Waals surface area contributed by atoms with Gasteiger partial charge >= 0.3 is 5.97 Å². The Balaban J connectivity index is 1.89. The van der Waals surface area contributed by atoms with Gasteiger partial charge in [0, 0.05) is 32.3 Å². The molecule has 0 atom stereocenters. The van der Waals surface area contributed by atoms with Gasteiger partial charge in [0.15, 0.2) is 6.61 Å². The largest absolute Gasteiger partial charge is 0.452 e. The van der Waals surface area contributed by atoms with Crippen LogP contribution >= 0.6 is 0 Å². The number of hydrogen-bond acceptors (Lipinski definition) is 6. The van der Waals surface area contributed by atoms with Crippen molar-refractivity contribution in [3.05, 3.63) is 35.9 Å². The zero-order chi connectivity index (χ0) is 20.6. The summed E-state index contributed by atoms with van der Waals surface area (Å²) in [5.41, 5.74) is 0.648. The number of esters is 1. The number of benzene rings is 1. The molecule has 1 aliphatic heterocycles. The summed E-state index contributed by atoms with van der Waals surface area (Å²) in [7, 11) is -3.51. The zero-order valence-corrected chi connectivity index (χ0v) is 17.0. The molecule has 0 aromatic heterocycles. The van der Waals surface area contributed by atoms with Gasteiger partial charge in [-0.15, -0.1) is 0 Å². The second-order valence-corrected chi connectivity index (χ2v) is 8.03. The number of sulfonamides is 1. The number of carbonyl (C=O) groups excluding carboxylic acids is 2. The van der Waals surface area contributed by atoms with Crippen LogP contribution in [0.25, 0.3) is 6.08 Å². The molecule has 8 nitrogen and oxygen atoms in total. The van der Waals surface area contributed by atoms with Crippen molar-refractivity contribution >= 4 is 28.0 Å². The van der Waals surface area contributed by atoms with E-state index in [1.54, 1.807) is 30.9 Å². The Morgan fingerprint density at radius 1 is 1.14 bits per heavy atom. The molecule has 0 unspecified atom stereocenters. The summed E-state index contributed by atoms with van der Waals surface area (Å²) in [5, 5.41) is 0. The van der Waals surface area contributed by atoms with Crippen molar-refractivity contribution < 1.29 is 27.5 Å². The van der Waals surface area contributed by atoms with Gasteiger partial charge in [-0.05, 0) is 23.8 Å². The standard InChI is InChI=1S/C19H26N2O6S/c1-3-21(4-2)28(24,25)17-8-5-16(6-9-17)7-10-19(23)27-15-18(22)20-11-13-26-14-12-20/h5-10H,3-4,11-15H2,1-2H3/b10-7+. The summed E-state index contributed by atoms with van der Waals surface area (Å²) in [5.74, 6) is -0.891. The van der Waals surface area contributed by atoms with Crippen LogP contribution in [0.1, 0.15) is 19.4 Å². The van der Waals surface area contributed by atoms with Gasteiger partial charge in [-0.3, -0.25) is 4.79 Å². The number of carbonyl (C=O) groups is 2. The van der Waals surface area contributed by atoms with E-state index in [-0.39, 0.29) is 17.4 Å². The fourth-order valence-corrected chi connectivity index (χ4v) is 4.17. The second-order valence-electron chi connectivity index (χ2n) is 6.09. The first kappa shape index (κ1) is 22.1. The molecule has 0 saturated carbocycles. The molecule has 0 bridgehead atoms. The summed E-state index contributed by atoms with van der Waals surface area (Å²) in [4.78, 5) is 25.5. The first-order chi connectivity index (χ1) is 13.4. The third-order valence-corrected chi connectivity index (χ3v) is 6.40. The molecule has 9 heteroatoms. The van der Waals surface area contributed by atoms with Crippen LogP contribution in [0.5, 0.6) is 0 Å². The molecule has 2 rings (SSSR count). The Morgan fingerprint density at radius 3 is 2.32 bits per heavy atom. The van der Waals surface area contributed by atoms with Crippen LogP contribution < -0.4 is 0 Å². The highest BCUT2D eigenvalue weighted by molar-refractivity contribution is 7.89. The maximum Gasteiger partial charge on any atom is 0.331 e. The van der Waals surface area contributed by atoms with Crippen LogP contribution in [0.4, 0.5) is 0 Å². The SMILES string of the molecule is CCN(CC)S(=O)(=O)c1ccc(/C=C/C(=O)OCC(=O)N2CCOCC2)cc1. The summed E-state index contributed by atoms with van der Waals surface area (Å²) in [6.07, 6.45) is 2.72. The molecular weight excluding hydrogens is 384 g/mol. The number of morpholine rings is 1. The quantitative estimate of drug-likeness (QED) is 0.471. The molecule has 0 N–H and O–H groups in total. The van der Waals surface area contributed by atoms with Gasteiger partial charge in [-0.25, -0.2) is 13.2 Å².